The Kier molecular flexibility index (Phi) is 5.16. The number of halogens is 3. The Morgan fingerprint density at radius 2 is 1.78 bits per heavy atom. The molecule has 9 heteroatoms. The summed E-state index contributed by atoms with van der Waals surface area (Å²) in [5, 5.41) is 12.8. The van der Waals surface area contributed by atoms with Gasteiger partial charge in [-0.05, 0) is 74.6 Å². The topological polar surface area (TPSA) is 72.3 Å². The second-order valence-electron chi connectivity index (χ2n) is 10.4. The molecule has 1 aliphatic carbocycles. The van der Waals surface area contributed by atoms with Gasteiger partial charge >= 0.3 is 6.18 Å². The van der Waals surface area contributed by atoms with Gasteiger partial charge < -0.3 is 10.2 Å². The molecule has 2 bridgehead atoms. The lowest BCUT2D eigenvalue weighted by molar-refractivity contribution is -0.138. The van der Waals surface area contributed by atoms with E-state index in [2.05, 4.69) is 29.0 Å². The quantitative estimate of drug-likeness (QED) is 0.635. The number of fused-ring (bicyclic) bond motifs is 2. The second-order valence-corrected chi connectivity index (χ2v) is 10.4. The summed E-state index contributed by atoms with van der Waals surface area (Å²) in [6.45, 7) is 4.12. The fourth-order valence-electron chi connectivity index (χ4n) is 6.49. The molecule has 1 spiro atoms. The van der Waals surface area contributed by atoms with Crippen molar-refractivity contribution in [3.63, 3.8) is 0 Å². The predicted octanol–water partition coefficient (Wildman–Crippen LogP) is 5.22. The average molecular weight is 494 g/mol. The molecule has 1 amide bonds. The summed E-state index contributed by atoms with van der Waals surface area (Å²) >= 11 is 0. The molecule has 4 fully saturated rings. The van der Waals surface area contributed by atoms with Gasteiger partial charge in [0.05, 0.1) is 17.4 Å². The second kappa shape index (κ2) is 8.07. The third-order valence-electron chi connectivity index (χ3n) is 8.36. The van der Waals surface area contributed by atoms with Crippen molar-refractivity contribution in [1.82, 2.24) is 10.3 Å². The summed E-state index contributed by atoms with van der Waals surface area (Å²) < 4.78 is 40.7. The van der Waals surface area contributed by atoms with Gasteiger partial charge in [0, 0.05) is 17.8 Å². The summed E-state index contributed by atoms with van der Waals surface area (Å²) in [6.07, 6.45) is 3.11. The zero-order valence-corrected chi connectivity index (χ0v) is 19.7. The number of rotatable bonds is 3. The van der Waals surface area contributed by atoms with E-state index in [1.54, 1.807) is 0 Å². The molecule has 36 heavy (non-hydrogen) atoms. The highest BCUT2D eigenvalue weighted by atomic mass is 19.4. The largest absolute Gasteiger partial charge is 0.419 e. The normalized spacial score (nSPS) is 26.9. The molecule has 1 N–H and O–H groups in total. The molecule has 6 nitrogen and oxygen atoms in total. The molecule has 3 saturated heterocycles. The number of carbonyl (C=O) groups is 1. The summed E-state index contributed by atoms with van der Waals surface area (Å²) in [6, 6.07) is 11.7. The summed E-state index contributed by atoms with van der Waals surface area (Å²) in [7, 11) is 0. The van der Waals surface area contributed by atoms with E-state index in [-0.39, 0.29) is 11.6 Å². The number of alkyl halides is 3. The fraction of sp³-hybridized carbons (Fsp3) is 0.444. The van der Waals surface area contributed by atoms with E-state index < -0.39 is 23.0 Å². The standard InChI is InChI=1S/C27H26F3N5O/c1-16-34(22-13-23(27(28,29)30)24(14-31)32-15-22)25(36)26(9-2-10-26)35(16)21-7-3-17(4-8-21)18-11-19-5-6-20(12-18)33-19/h3-4,7-8,13,15,18-20,33H,1-2,5-6,9-12H2. The van der Waals surface area contributed by atoms with Crippen LogP contribution in [-0.2, 0) is 11.0 Å². The van der Waals surface area contributed by atoms with Crippen LogP contribution in [0.5, 0.6) is 0 Å². The van der Waals surface area contributed by atoms with Crippen LogP contribution in [-0.4, -0.2) is 28.5 Å². The van der Waals surface area contributed by atoms with Crippen molar-refractivity contribution in [1.29, 1.82) is 5.26 Å². The highest BCUT2D eigenvalue weighted by molar-refractivity contribution is 6.10. The van der Waals surface area contributed by atoms with Crippen molar-refractivity contribution < 1.29 is 18.0 Å². The Labute approximate surface area is 207 Å². The van der Waals surface area contributed by atoms with E-state index in [0.717, 1.165) is 37.2 Å². The van der Waals surface area contributed by atoms with Crippen molar-refractivity contribution in [2.75, 3.05) is 9.80 Å². The maximum absolute atomic E-state index is 13.7. The monoisotopic (exact) mass is 493 g/mol. The predicted molar refractivity (Wildman–Crippen MR) is 128 cm³/mol. The average Bonchev–Trinajstić information content (AvgIpc) is 3.29. The maximum Gasteiger partial charge on any atom is 0.419 e. The summed E-state index contributed by atoms with van der Waals surface area (Å²) in [5.74, 6) is 0.491. The van der Waals surface area contributed by atoms with Gasteiger partial charge in [-0.25, -0.2) is 4.98 Å². The fourth-order valence-corrected chi connectivity index (χ4v) is 6.49. The van der Waals surface area contributed by atoms with Crippen LogP contribution in [0, 0.1) is 11.3 Å². The molecule has 1 aromatic heterocycles. The molecule has 2 atom stereocenters. The molecule has 1 aromatic carbocycles. The first-order chi connectivity index (χ1) is 17.2. The number of pyridine rings is 1. The van der Waals surface area contributed by atoms with Crippen LogP contribution in [0.2, 0.25) is 0 Å². The molecule has 3 aliphatic heterocycles. The van der Waals surface area contributed by atoms with Crippen LogP contribution in [0.3, 0.4) is 0 Å². The summed E-state index contributed by atoms with van der Waals surface area (Å²) in [4.78, 5) is 20.5. The molecule has 2 aromatic rings. The van der Waals surface area contributed by atoms with Crippen LogP contribution in [0.1, 0.15) is 67.7 Å². The number of amides is 1. The van der Waals surface area contributed by atoms with E-state index in [9.17, 15) is 18.0 Å². The smallest absolute Gasteiger partial charge is 0.313 e. The lowest BCUT2D eigenvalue weighted by atomic mass is 9.75. The highest BCUT2D eigenvalue weighted by Crippen LogP contribution is 2.51. The van der Waals surface area contributed by atoms with Crippen LogP contribution in [0.25, 0.3) is 0 Å². The number of nitrogens with zero attached hydrogens (tertiary/aromatic N) is 4. The van der Waals surface area contributed by atoms with Crippen LogP contribution in [0.4, 0.5) is 24.5 Å². The third kappa shape index (κ3) is 3.42. The minimum Gasteiger partial charge on any atom is -0.313 e. The van der Waals surface area contributed by atoms with Crippen molar-refractivity contribution >= 4 is 17.3 Å². The Balaban J connectivity index is 1.33. The minimum absolute atomic E-state index is 0.0353. The SMILES string of the molecule is C=C1N(c2cnc(C#N)c(C(F)(F)F)c2)C(=O)C2(CCC2)N1c1ccc(C2CC3CCC(C2)N3)cc1. The molecule has 1 saturated carbocycles. The Hall–Kier alpha value is -3.38. The first kappa shape index (κ1) is 23.0. The number of benzene rings is 1. The van der Waals surface area contributed by atoms with E-state index in [1.807, 2.05) is 17.0 Å². The number of hydrogen-bond acceptors (Lipinski definition) is 5. The Morgan fingerprint density at radius 3 is 2.33 bits per heavy atom. The summed E-state index contributed by atoms with van der Waals surface area (Å²) in [5.41, 5.74) is -0.705. The van der Waals surface area contributed by atoms with Crippen molar-refractivity contribution in [3.8, 4) is 6.07 Å². The highest BCUT2D eigenvalue weighted by Gasteiger charge is 2.59. The van der Waals surface area contributed by atoms with E-state index in [0.29, 0.717) is 36.7 Å². The number of nitrogens with one attached hydrogen (secondary N) is 1. The van der Waals surface area contributed by atoms with Gasteiger partial charge in [-0.1, -0.05) is 18.7 Å². The van der Waals surface area contributed by atoms with Crippen LogP contribution < -0.4 is 15.1 Å². The molecule has 186 valence electrons. The lowest BCUT2D eigenvalue weighted by Crippen LogP contribution is -2.54. The number of anilines is 2. The van der Waals surface area contributed by atoms with Gasteiger partial charge in [-0.3, -0.25) is 9.69 Å². The van der Waals surface area contributed by atoms with E-state index in [4.69, 9.17) is 5.26 Å². The van der Waals surface area contributed by atoms with Crippen molar-refractivity contribution in [2.24, 2.45) is 0 Å². The Morgan fingerprint density at radius 1 is 1.11 bits per heavy atom. The number of nitriles is 1. The zero-order chi connectivity index (χ0) is 25.2. The zero-order valence-electron chi connectivity index (χ0n) is 19.7. The van der Waals surface area contributed by atoms with Gasteiger partial charge in [-0.2, -0.15) is 18.4 Å². The van der Waals surface area contributed by atoms with Crippen molar-refractivity contribution in [3.05, 3.63) is 65.7 Å². The van der Waals surface area contributed by atoms with E-state index >= 15 is 0 Å². The molecule has 2 unspecified atom stereocenters. The minimum atomic E-state index is -4.77. The van der Waals surface area contributed by atoms with Crippen LogP contribution >= 0.6 is 0 Å². The van der Waals surface area contributed by atoms with Gasteiger partial charge in [-0.15, -0.1) is 0 Å². The molecular weight excluding hydrogens is 467 g/mol. The molecule has 4 aliphatic rings. The van der Waals surface area contributed by atoms with Gasteiger partial charge in [0.1, 0.15) is 17.4 Å². The first-order valence-corrected chi connectivity index (χ1v) is 12.4. The lowest BCUT2D eigenvalue weighted by Gasteiger charge is -2.43. The van der Waals surface area contributed by atoms with Crippen molar-refractivity contribution in [2.45, 2.75) is 74.7 Å². The maximum atomic E-state index is 13.7. The third-order valence-corrected chi connectivity index (χ3v) is 8.36. The van der Waals surface area contributed by atoms with Gasteiger partial charge in [0.2, 0.25) is 0 Å². The first-order valence-electron chi connectivity index (χ1n) is 12.4. The number of piperidine rings is 1. The number of hydrogen-bond donors (Lipinski definition) is 1. The number of aromatic nitrogens is 1. The van der Waals surface area contributed by atoms with Crippen LogP contribution in [0.15, 0.2) is 48.9 Å². The molecule has 0 radical (unpaired) electrons. The van der Waals surface area contributed by atoms with E-state index in [1.165, 1.54) is 29.4 Å². The number of carbonyl (C=O) groups excluding carboxylic acids is 1. The van der Waals surface area contributed by atoms with Gasteiger partial charge in [0.25, 0.3) is 5.91 Å². The molecular formula is C27H26F3N5O. The Bertz CT molecular complexity index is 1270. The van der Waals surface area contributed by atoms with Gasteiger partial charge in [0.15, 0.2) is 5.69 Å². The molecule has 4 heterocycles. The molecule has 6 rings (SSSR count).